The van der Waals surface area contributed by atoms with E-state index in [1.54, 1.807) is 0 Å². The molecular weight excluding hydrogens is 242 g/mol. The van der Waals surface area contributed by atoms with Crippen molar-refractivity contribution in [1.82, 2.24) is 5.32 Å². The van der Waals surface area contributed by atoms with Gasteiger partial charge in [0.15, 0.2) is 0 Å². The number of allylic oxidation sites excluding steroid dienone is 1. The third kappa shape index (κ3) is 2.54. The molecule has 0 bridgehead atoms. The van der Waals surface area contributed by atoms with Crippen LogP contribution in [0.15, 0.2) is 60.7 Å². The predicted octanol–water partition coefficient (Wildman–Crippen LogP) is 4.24. The molecule has 0 atom stereocenters. The fourth-order valence-corrected chi connectivity index (χ4v) is 3.02. The number of nitrogens with one attached hydrogen (secondary N) is 1. The summed E-state index contributed by atoms with van der Waals surface area (Å²) in [6.45, 7) is 3.09. The lowest BCUT2D eigenvalue weighted by Gasteiger charge is -2.29. The van der Waals surface area contributed by atoms with Gasteiger partial charge in [-0.2, -0.15) is 0 Å². The van der Waals surface area contributed by atoms with Gasteiger partial charge in [-0.15, -0.1) is 0 Å². The van der Waals surface area contributed by atoms with Crippen LogP contribution in [0.1, 0.15) is 41.6 Å². The van der Waals surface area contributed by atoms with Gasteiger partial charge in [-0.1, -0.05) is 60.7 Å². The van der Waals surface area contributed by atoms with Crippen LogP contribution >= 0.6 is 0 Å². The highest BCUT2D eigenvalue weighted by Gasteiger charge is 2.23. The second-order valence-electron chi connectivity index (χ2n) is 5.32. The van der Waals surface area contributed by atoms with Gasteiger partial charge in [0, 0.05) is 0 Å². The smallest absolute Gasteiger partial charge is 0.0582 e. The van der Waals surface area contributed by atoms with Crippen molar-refractivity contribution in [3.63, 3.8) is 0 Å². The molecule has 1 nitrogen and oxygen atoms in total. The first kappa shape index (κ1) is 13.1. The van der Waals surface area contributed by atoms with E-state index in [0.717, 1.165) is 19.4 Å². The van der Waals surface area contributed by atoms with E-state index in [-0.39, 0.29) is 0 Å². The molecule has 1 heteroatoms. The van der Waals surface area contributed by atoms with E-state index in [1.165, 1.54) is 22.3 Å². The van der Waals surface area contributed by atoms with Gasteiger partial charge in [-0.25, -0.2) is 0 Å². The van der Waals surface area contributed by atoms with Crippen LogP contribution in [0, 0.1) is 0 Å². The van der Waals surface area contributed by atoms with Crippen molar-refractivity contribution in [2.24, 2.45) is 0 Å². The summed E-state index contributed by atoms with van der Waals surface area (Å²) in [4.78, 5) is 0. The van der Waals surface area contributed by atoms with E-state index in [2.05, 4.69) is 72.9 Å². The van der Waals surface area contributed by atoms with Gasteiger partial charge in [0.05, 0.1) is 6.04 Å². The molecule has 1 aliphatic carbocycles. The zero-order valence-electron chi connectivity index (χ0n) is 12.0. The predicted molar refractivity (Wildman–Crippen MR) is 85.0 cm³/mol. The van der Waals surface area contributed by atoms with Crippen molar-refractivity contribution >= 4 is 0 Å². The Morgan fingerprint density at radius 3 is 2.20 bits per heavy atom. The van der Waals surface area contributed by atoms with Crippen molar-refractivity contribution in [3.8, 4) is 0 Å². The van der Waals surface area contributed by atoms with Gasteiger partial charge >= 0.3 is 0 Å². The molecular formula is C19H21N. The maximum atomic E-state index is 3.72. The third-order valence-electron chi connectivity index (χ3n) is 4.01. The van der Waals surface area contributed by atoms with Gasteiger partial charge in [0.25, 0.3) is 0 Å². The van der Waals surface area contributed by atoms with E-state index >= 15 is 0 Å². The van der Waals surface area contributed by atoms with E-state index in [9.17, 15) is 0 Å². The molecule has 2 aromatic carbocycles. The monoisotopic (exact) mass is 263 g/mol. The molecule has 20 heavy (non-hydrogen) atoms. The highest BCUT2D eigenvalue weighted by atomic mass is 14.9. The van der Waals surface area contributed by atoms with E-state index in [4.69, 9.17) is 0 Å². The molecule has 2 aromatic rings. The molecule has 0 fully saturated rings. The van der Waals surface area contributed by atoms with Crippen LogP contribution in [-0.4, -0.2) is 6.54 Å². The van der Waals surface area contributed by atoms with Gasteiger partial charge in [0.1, 0.15) is 0 Å². The van der Waals surface area contributed by atoms with Crippen LogP contribution in [0.5, 0.6) is 0 Å². The Morgan fingerprint density at radius 2 is 1.60 bits per heavy atom. The summed E-state index contributed by atoms with van der Waals surface area (Å²) in [6, 6.07) is 17.9. The second-order valence-corrected chi connectivity index (χ2v) is 5.32. The summed E-state index contributed by atoms with van der Waals surface area (Å²) < 4.78 is 0. The Morgan fingerprint density at radius 1 is 1.00 bits per heavy atom. The highest BCUT2D eigenvalue weighted by molar-refractivity contribution is 5.48. The van der Waals surface area contributed by atoms with Crippen LogP contribution in [-0.2, 0) is 6.42 Å². The topological polar surface area (TPSA) is 12.0 Å². The number of hydrogen-bond acceptors (Lipinski definition) is 1. The van der Waals surface area contributed by atoms with Crippen molar-refractivity contribution in [2.45, 2.75) is 25.8 Å². The Balaban J connectivity index is 1.91. The average molecular weight is 263 g/mol. The molecule has 0 saturated carbocycles. The summed E-state index contributed by atoms with van der Waals surface area (Å²) in [7, 11) is 0. The molecule has 0 spiro atoms. The second kappa shape index (κ2) is 6.06. The number of fused-ring (bicyclic) bond motifs is 2. The Hall–Kier alpha value is -1.86. The van der Waals surface area contributed by atoms with Crippen LogP contribution in [0.4, 0.5) is 0 Å². The minimum Gasteiger partial charge on any atom is -0.306 e. The van der Waals surface area contributed by atoms with Crippen molar-refractivity contribution < 1.29 is 0 Å². The minimum absolute atomic E-state index is 0.335. The lowest BCUT2D eigenvalue weighted by atomic mass is 9.82. The molecule has 0 unspecified atom stereocenters. The largest absolute Gasteiger partial charge is 0.306 e. The average Bonchev–Trinajstić information content (AvgIpc) is 2.50. The standard InChI is InChI=1S/C19H21N/c1-2-3-8-13-20-19-17-11-6-4-9-15(17)14-16-10-5-7-12-18(16)19/h2-7,9-12,19-20H,8,13-14H2,1H3/b3-2+. The van der Waals surface area contributed by atoms with Gasteiger partial charge in [-0.3, -0.25) is 0 Å². The minimum atomic E-state index is 0.335. The summed E-state index contributed by atoms with van der Waals surface area (Å²) in [5, 5.41) is 3.72. The SMILES string of the molecule is C/C=C/CCNC1c2ccccc2Cc2ccccc21. The maximum Gasteiger partial charge on any atom is 0.0582 e. The highest BCUT2D eigenvalue weighted by Crippen LogP contribution is 2.34. The number of rotatable bonds is 4. The van der Waals surface area contributed by atoms with Crippen LogP contribution in [0.3, 0.4) is 0 Å². The van der Waals surface area contributed by atoms with Gasteiger partial charge < -0.3 is 5.32 Å². The Bertz CT molecular complexity index is 567. The normalized spacial score (nSPS) is 14.2. The molecule has 0 amide bonds. The molecule has 0 aromatic heterocycles. The van der Waals surface area contributed by atoms with E-state index in [0.29, 0.717) is 6.04 Å². The summed E-state index contributed by atoms with van der Waals surface area (Å²) >= 11 is 0. The zero-order valence-corrected chi connectivity index (χ0v) is 12.0. The quantitative estimate of drug-likeness (QED) is 0.643. The molecule has 1 N–H and O–H groups in total. The van der Waals surface area contributed by atoms with Crippen LogP contribution in [0.25, 0.3) is 0 Å². The van der Waals surface area contributed by atoms with Crippen molar-refractivity contribution in [3.05, 3.63) is 82.9 Å². The van der Waals surface area contributed by atoms with Crippen LogP contribution in [0.2, 0.25) is 0 Å². The van der Waals surface area contributed by atoms with Gasteiger partial charge in [0.2, 0.25) is 0 Å². The Labute approximate surface area is 121 Å². The summed E-state index contributed by atoms with van der Waals surface area (Å²) in [5.41, 5.74) is 5.78. The molecule has 3 rings (SSSR count). The van der Waals surface area contributed by atoms with E-state index in [1.807, 2.05) is 0 Å². The summed E-state index contributed by atoms with van der Waals surface area (Å²) in [5.74, 6) is 0. The van der Waals surface area contributed by atoms with E-state index < -0.39 is 0 Å². The Kier molecular flexibility index (Phi) is 3.98. The molecule has 1 aliphatic rings. The molecule has 102 valence electrons. The molecule has 0 radical (unpaired) electrons. The zero-order chi connectivity index (χ0) is 13.8. The maximum absolute atomic E-state index is 3.72. The number of benzene rings is 2. The third-order valence-corrected chi connectivity index (χ3v) is 4.01. The lowest BCUT2D eigenvalue weighted by molar-refractivity contribution is 0.594. The van der Waals surface area contributed by atoms with Crippen LogP contribution < -0.4 is 5.32 Å². The fourth-order valence-electron chi connectivity index (χ4n) is 3.02. The number of hydrogen-bond donors (Lipinski definition) is 1. The van der Waals surface area contributed by atoms with Gasteiger partial charge in [-0.05, 0) is 48.6 Å². The first-order valence-corrected chi connectivity index (χ1v) is 7.40. The molecule has 0 heterocycles. The fraction of sp³-hybridized carbons (Fsp3) is 0.263. The van der Waals surface area contributed by atoms with Crippen molar-refractivity contribution in [1.29, 1.82) is 0 Å². The van der Waals surface area contributed by atoms with Crippen molar-refractivity contribution in [2.75, 3.05) is 6.54 Å². The first-order valence-electron chi connectivity index (χ1n) is 7.40. The summed E-state index contributed by atoms with van der Waals surface area (Å²) in [6.07, 6.45) is 6.47. The molecule has 0 saturated heterocycles. The lowest BCUT2D eigenvalue weighted by Crippen LogP contribution is -2.27. The molecule has 0 aliphatic heterocycles. The first-order chi connectivity index (χ1) is 9.90.